The fourth-order valence-electron chi connectivity index (χ4n) is 9.04. The Kier molecular flexibility index (Phi) is 27.4. The van der Waals surface area contributed by atoms with Crippen molar-refractivity contribution in [3.8, 4) is 10.4 Å². The van der Waals surface area contributed by atoms with Gasteiger partial charge < -0.3 is 30.7 Å². The monoisotopic (exact) mass is 1270 g/mol. The molecule has 0 atom stereocenters. The standard InChI is InChI=1S/C28H42N4O5S2.C16H26N2O3S.C13H19BrN2O2S.CH4/c1-17(2)30-25(33)15-19-8-13-22(24(14-19)39(35,36)32-28(5,6)7)23-16-29-26(38-23)20-9-11-21(12-10-20)31-27(34)37-18(3)4;1-11(2)17-15(19)10-13-8-7-12(3)14(9-13)22(20,21)18-16(4,5)6;1-8(2)18-13(17)16-10-5-3-9(4-6-10)12-15-7-11(14)19-12;/h8,13-14,16-18,20-21,32H,9-12,15H2,1-7H3,(H,30,33)(H,31,34);7-9,11,18H,10H2,1-6H3,(H,17,19);7-10H,3-6H2,1-2H3,(H,16,17);1H4. The summed E-state index contributed by atoms with van der Waals surface area (Å²) in [5.41, 5.74) is 1.29. The van der Waals surface area contributed by atoms with Crippen LogP contribution in [0.2, 0.25) is 0 Å². The summed E-state index contributed by atoms with van der Waals surface area (Å²) >= 11 is 6.66. The van der Waals surface area contributed by atoms with Crippen molar-refractivity contribution in [2.45, 2.75) is 245 Å². The third-order valence-electron chi connectivity index (χ3n) is 12.2. The van der Waals surface area contributed by atoms with Crippen LogP contribution in [0.15, 0.2) is 62.4 Å². The first-order valence-electron chi connectivity index (χ1n) is 27.5. The molecule has 18 nitrogen and oxygen atoms in total. The van der Waals surface area contributed by atoms with E-state index in [1.165, 1.54) is 16.3 Å². The molecule has 6 N–H and O–H groups in total. The van der Waals surface area contributed by atoms with E-state index in [4.69, 9.17) is 9.47 Å². The number of hydrogen-bond donors (Lipinski definition) is 6. The van der Waals surface area contributed by atoms with E-state index in [-0.39, 0.29) is 96.4 Å². The predicted molar refractivity (Wildman–Crippen MR) is 329 cm³/mol. The maximum atomic E-state index is 13.5. The number of hydrogen-bond acceptors (Lipinski definition) is 14. The molecule has 4 amide bonds. The summed E-state index contributed by atoms with van der Waals surface area (Å²) in [5, 5.41) is 13.7. The first kappa shape index (κ1) is 70.7. The van der Waals surface area contributed by atoms with E-state index in [1.54, 1.807) is 102 Å². The van der Waals surface area contributed by atoms with Crippen LogP contribution in [0.25, 0.3) is 10.4 Å². The fraction of sp³-hybridized carbons (Fsp3) is 0.621. The molecule has 81 heavy (non-hydrogen) atoms. The summed E-state index contributed by atoms with van der Waals surface area (Å²) in [7, 11) is -7.49. The van der Waals surface area contributed by atoms with Crippen LogP contribution >= 0.6 is 38.6 Å². The number of ether oxygens (including phenoxy) is 2. The second-order valence-electron chi connectivity index (χ2n) is 23.8. The minimum Gasteiger partial charge on any atom is -0.447 e. The van der Waals surface area contributed by atoms with Crippen LogP contribution in [0.3, 0.4) is 0 Å². The van der Waals surface area contributed by atoms with Crippen LogP contribution < -0.4 is 30.7 Å². The molecule has 0 bridgehead atoms. The number of thiazole rings is 2. The zero-order chi connectivity index (χ0) is 59.9. The molecule has 2 fully saturated rings. The number of rotatable bonds is 17. The van der Waals surface area contributed by atoms with Gasteiger partial charge in [-0.25, -0.2) is 45.8 Å². The highest BCUT2D eigenvalue weighted by molar-refractivity contribution is 9.11. The van der Waals surface area contributed by atoms with Gasteiger partial charge in [0.25, 0.3) is 0 Å². The number of halogens is 1. The number of amides is 4. The van der Waals surface area contributed by atoms with Gasteiger partial charge in [-0.1, -0.05) is 31.7 Å². The van der Waals surface area contributed by atoms with Crippen LogP contribution in [-0.2, 0) is 52.0 Å². The molecule has 23 heteroatoms. The smallest absolute Gasteiger partial charge is 0.407 e. The largest absolute Gasteiger partial charge is 0.447 e. The summed E-state index contributed by atoms with van der Waals surface area (Å²) in [6, 6.07) is 10.6. The van der Waals surface area contributed by atoms with Crippen LogP contribution in [-0.4, -0.2) is 98.3 Å². The van der Waals surface area contributed by atoms with Crippen molar-refractivity contribution < 1.29 is 45.5 Å². The molecule has 2 heterocycles. The van der Waals surface area contributed by atoms with E-state index in [2.05, 4.69) is 56.6 Å². The molecule has 0 aliphatic heterocycles. The number of nitrogens with one attached hydrogen (secondary N) is 6. The van der Waals surface area contributed by atoms with Crippen molar-refractivity contribution in [2.75, 3.05) is 0 Å². The molecule has 454 valence electrons. The van der Waals surface area contributed by atoms with E-state index >= 15 is 0 Å². The summed E-state index contributed by atoms with van der Waals surface area (Å²) in [6.07, 6.45) is 10.5. The average molecular weight is 1270 g/mol. The van der Waals surface area contributed by atoms with Gasteiger partial charge in [0.15, 0.2) is 0 Å². The Morgan fingerprint density at radius 3 is 1.40 bits per heavy atom. The number of sulfonamides is 2. The van der Waals surface area contributed by atoms with Gasteiger partial charge in [-0.3, -0.25) is 9.59 Å². The van der Waals surface area contributed by atoms with Crippen LogP contribution in [0.1, 0.15) is 194 Å². The minimum atomic E-state index is -3.88. The summed E-state index contributed by atoms with van der Waals surface area (Å²) < 4.78 is 68.7. The third kappa shape index (κ3) is 25.1. The molecule has 2 aliphatic rings. The zero-order valence-corrected chi connectivity index (χ0v) is 54.1. The van der Waals surface area contributed by atoms with Crippen molar-refractivity contribution in [3.63, 3.8) is 0 Å². The number of carbonyl (C=O) groups is 4. The maximum absolute atomic E-state index is 13.5. The minimum absolute atomic E-state index is 0. The highest BCUT2D eigenvalue weighted by Crippen LogP contribution is 2.40. The molecule has 0 unspecified atom stereocenters. The number of aryl methyl sites for hydroxylation is 1. The van der Waals surface area contributed by atoms with Gasteiger partial charge in [0.2, 0.25) is 31.9 Å². The highest BCUT2D eigenvalue weighted by atomic mass is 79.9. The van der Waals surface area contributed by atoms with Gasteiger partial charge in [-0.2, -0.15) is 0 Å². The van der Waals surface area contributed by atoms with E-state index in [1.807, 2.05) is 61.6 Å². The van der Waals surface area contributed by atoms with Crippen molar-refractivity contribution in [3.05, 3.63) is 79.3 Å². The van der Waals surface area contributed by atoms with Crippen molar-refractivity contribution in [1.82, 2.24) is 40.7 Å². The summed E-state index contributed by atoms with van der Waals surface area (Å²) in [5.74, 6) is 0.503. The lowest BCUT2D eigenvalue weighted by molar-refractivity contribution is -0.121. The quantitative estimate of drug-likeness (QED) is 0.0577. The Labute approximate surface area is 499 Å². The van der Waals surface area contributed by atoms with Crippen LogP contribution in [0.5, 0.6) is 0 Å². The van der Waals surface area contributed by atoms with E-state index in [9.17, 15) is 36.0 Å². The first-order valence-corrected chi connectivity index (χ1v) is 32.9. The maximum Gasteiger partial charge on any atom is 0.407 e. The Morgan fingerprint density at radius 1 is 0.605 bits per heavy atom. The normalized spacial score (nSPS) is 17.7. The van der Waals surface area contributed by atoms with E-state index in [0.717, 1.165) is 65.0 Å². The first-order chi connectivity index (χ1) is 37.1. The van der Waals surface area contributed by atoms with Gasteiger partial charge in [-0.05, 0) is 200 Å². The van der Waals surface area contributed by atoms with Crippen molar-refractivity contribution in [2.24, 2.45) is 0 Å². The number of nitrogens with zero attached hydrogens (tertiary/aromatic N) is 2. The topological polar surface area (TPSA) is 253 Å². The lowest BCUT2D eigenvalue weighted by Crippen LogP contribution is -2.40. The Balaban J connectivity index is 0.000000347. The lowest BCUT2D eigenvalue weighted by Gasteiger charge is -2.28. The third-order valence-corrected chi connectivity index (χ3v) is 18.7. The van der Waals surface area contributed by atoms with Gasteiger partial charge in [0.1, 0.15) is 0 Å². The van der Waals surface area contributed by atoms with Crippen molar-refractivity contribution >= 4 is 82.7 Å². The zero-order valence-electron chi connectivity index (χ0n) is 49.3. The van der Waals surface area contributed by atoms with Crippen LogP contribution in [0, 0.1) is 6.92 Å². The summed E-state index contributed by atoms with van der Waals surface area (Å²) in [4.78, 5) is 57.9. The molecule has 2 aromatic carbocycles. The SMILES string of the molecule is C.CC(C)NC(=O)Cc1ccc(-c2cnc(C3CCC(NC(=O)OC(C)C)CC3)s2)c(S(=O)(=O)NC(C)(C)C)c1.CC(C)OC(=O)NC1CCC(c2ncc(Br)s2)CC1.Cc1ccc(CC(=O)NC(C)C)cc1S(=O)(=O)NC(C)(C)C. The van der Waals surface area contributed by atoms with E-state index in [0.29, 0.717) is 28.2 Å². The molecule has 6 rings (SSSR count). The average Bonchev–Trinajstić information content (AvgIpc) is 3.98. The van der Waals surface area contributed by atoms with Crippen LogP contribution in [0.4, 0.5) is 9.59 Å². The second-order valence-corrected chi connectivity index (χ2v) is 30.6. The molecule has 0 radical (unpaired) electrons. The highest BCUT2D eigenvalue weighted by Gasteiger charge is 2.31. The molecular weight excluding hydrogens is 1180 g/mol. The molecule has 2 saturated carbocycles. The number of benzene rings is 2. The molecule has 0 spiro atoms. The molecule has 2 aromatic heterocycles. The lowest BCUT2D eigenvalue weighted by atomic mass is 9.86. The Morgan fingerprint density at radius 2 is 1.00 bits per heavy atom. The fourth-order valence-corrected chi connectivity index (χ4v) is 15.0. The predicted octanol–water partition coefficient (Wildman–Crippen LogP) is 12.0. The number of carbonyl (C=O) groups excluding carboxylic acids is 4. The molecule has 2 aliphatic carbocycles. The number of alkyl carbamates (subject to hydrolysis) is 2. The Bertz CT molecular complexity index is 2910. The second kappa shape index (κ2) is 31.4. The van der Waals surface area contributed by atoms with Gasteiger partial charge in [0, 0.05) is 58.8 Å². The van der Waals surface area contributed by atoms with Gasteiger partial charge in [0.05, 0.1) is 59.7 Å². The molecule has 4 aromatic rings. The van der Waals surface area contributed by atoms with Gasteiger partial charge in [-0.15, -0.1) is 22.7 Å². The number of aromatic nitrogens is 2. The molecular formula is C58H91BrN8O10S4. The van der Waals surface area contributed by atoms with Gasteiger partial charge >= 0.3 is 12.2 Å². The molecule has 0 saturated heterocycles. The van der Waals surface area contributed by atoms with E-state index < -0.39 is 31.1 Å². The summed E-state index contributed by atoms with van der Waals surface area (Å²) in [6.45, 7) is 27.4. The van der Waals surface area contributed by atoms with Crippen molar-refractivity contribution in [1.29, 1.82) is 0 Å². The Hall–Kier alpha value is -4.52.